The van der Waals surface area contributed by atoms with Crippen LogP contribution in [0.15, 0.2) is 24.3 Å². The van der Waals surface area contributed by atoms with Crippen LogP contribution in [-0.4, -0.2) is 67.2 Å². The molecule has 0 radical (unpaired) electrons. The predicted molar refractivity (Wildman–Crippen MR) is 114 cm³/mol. The summed E-state index contributed by atoms with van der Waals surface area (Å²) in [4.78, 5) is 37.5. The van der Waals surface area contributed by atoms with E-state index < -0.39 is 17.5 Å². The Morgan fingerprint density at radius 2 is 1.85 bits per heavy atom. The van der Waals surface area contributed by atoms with Crippen LogP contribution in [0.2, 0.25) is 0 Å². The number of unbranched alkanes of at least 4 members (excludes halogenated alkanes) is 1. The standard InChI is InChI=1S/C23H27F3N4O4/c1-34-19(31)4-2-3-11-30-18(14-28-21(30)33)16-5-7-17(8-6-16)22(15-27)9-12-29(13-10-22)20(32)23(24,25)26/h5-8,18H,2-4,9-14H2,1H3,(H,28,33). The number of alkyl halides is 3. The number of nitrogens with one attached hydrogen (secondary N) is 1. The largest absolute Gasteiger partial charge is 0.471 e. The molecule has 1 N–H and O–H groups in total. The second-order valence-corrected chi connectivity index (χ2v) is 8.53. The molecule has 1 unspecified atom stereocenters. The SMILES string of the molecule is COC(=O)CCCCN1C(=O)NCC1c1ccc(C2(C#N)CCN(C(=O)C(F)(F)F)CC2)cc1. The highest BCUT2D eigenvalue weighted by atomic mass is 19.4. The minimum Gasteiger partial charge on any atom is -0.469 e. The number of piperidine rings is 1. The van der Waals surface area contributed by atoms with Crippen molar-refractivity contribution >= 4 is 17.9 Å². The number of ether oxygens (including phenoxy) is 1. The topological polar surface area (TPSA) is 103 Å². The number of carbonyl (C=O) groups is 3. The maximum Gasteiger partial charge on any atom is 0.471 e. The molecule has 34 heavy (non-hydrogen) atoms. The van der Waals surface area contributed by atoms with E-state index in [1.54, 1.807) is 17.0 Å². The predicted octanol–water partition coefficient (Wildman–Crippen LogP) is 3.04. The summed E-state index contributed by atoms with van der Waals surface area (Å²) in [5, 5.41) is 12.7. The van der Waals surface area contributed by atoms with Gasteiger partial charge in [-0.15, -0.1) is 0 Å². The Hall–Kier alpha value is -3.29. The molecule has 3 amide bonds. The molecule has 0 spiro atoms. The highest BCUT2D eigenvalue weighted by Crippen LogP contribution is 2.37. The molecule has 0 bridgehead atoms. The Kier molecular flexibility index (Phi) is 7.69. The molecular formula is C23H27F3N4O4. The fourth-order valence-corrected chi connectivity index (χ4v) is 4.51. The minimum atomic E-state index is -4.92. The first-order chi connectivity index (χ1) is 16.1. The van der Waals surface area contributed by atoms with Crippen molar-refractivity contribution in [2.24, 2.45) is 0 Å². The van der Waals surface area contributed by atoms with Gasteiger partial charge in [0.2, 0.25) is 0 Å². The molecule has 0 aliphatic carbocycles. The molecule has 1 aromatic carbocycles. The molecule has 0 aromatic heterocycles. The summed E-state index contributed by atoms with van der Waals surface area (Å²) in [5.41, 5.74) is 0.575. The van der Waals surface area contributed by atoms with Crippen molar-refractivity contribution in [3.63, 3.8) is 0 Å². The number of amides is 3. The number of hydrogen-bond acceptors (Lipinski definition) is 5. The van der Waals surface area contributed by atoms with Gasteiger partial charge in [-0.25, -0.2) is 4.79 Å². The number of carbonyl (C=O) groups excluding carboxylic acids is 3. The zero-order valence-corrected chi connectivity index (χ0v) is 18.9. The first kappa shape index (κ1) is 25.3. The van der Waals surface area contributed by atoms with Crippen LogP contribution in [0.5, 0.6) is 0 Å². The average molecular weight is 480 g/mol. The van der Waals surface area contributed by atoms with Crippen LogP contribution in [0.1, 0.15) is 49.3 Å². The normalized spacial score (nSPS) is 20.0. The molecule has 184 valence electrons. The van der Waals surface area contributed by atoms with Crippen LogP contribution in [0.25, 0.3) is 0 Å². The van der Waals surface area contributed by atoms with Crippen molar-refractivity contribution in [1.29, 1.82) is 5.26 Å². The Bertz CT molecular complexity index is 950. The van der Waals surface area contributed by atoms with Crippen molar-refractivity contribution in [2.75, 3.05) is 33.3 Å². The monoisotopic (exact) mass is 480 g/mol. The van der Waals surface area contributed by atoms with Gasteiger partial charge >= 0.3 is 24.1 Å². The summed E-state index contributed by atoms with van der Waals surface area (Å²) in [6.07, 6.45) is -3.18. The lowest BCUT2D eigenvalue weighted by molar-refractivity contribution is -0.186. The number of urea groups is 1. The number of halogens is 3. The number of esters is 1. The fourth-order valence-electron chi connectivity index (χ4n) is 4.51. The quantitative estimate of drug-likeness (QED) is 0.477. The average Bonchev–Trinajstić information content (AvgIpc) is 3.20. The van der Waals surface area contributed by atoms with E-state index in [0.717, 1.165) is 10.5 Å². The highest BCUT2D eigenvalue weighted by Gasteiger charge is 2.46. The van der Waals surface area contributed by atoms with Crippen molar-refractivity contribution in [1.82, 2.24) is 15.1 Å². The molecule has 1 aromatic rings. The van der Waals surface area contributed by atoms with Crippen LogP contribution >= 0.6 is 0 Å². The molecule has 2 heterocycles. The van der Waals surface area contributed by atoms with E-state index in [9.17, 15) is 32.8 Å². The van der Waals surface area contributed by atoms with E-state index in [-0.39, 0.29) is 50.4 Å². The number of benzene rings is 1. The van der Waals surface area contributed by atoms with Gasteiger partial charge in [0.25, 0.3) is 0 Å². The molecule has 2 fully saturated rings. The van der Waals surface area contributed by atoms with Crippen LogP contribution in [0.4, 0.5) is 18.0 Å². The first-order valence-electron chi connectivity index (χ1n) is 11.1. The lowest BCUT2D eigenvalue weighted by Gasteiger charge is -2.38. The van der Waals surface area contributed by atoms with E-state index in [2.05, 4.69) is 16.1 Å². The van der Waals surface area contributed by atoms with Gasteiger partial charge in [-0.1, -0.05) is 24.3 Å². The fraction of sp³-hybridized carbons (Fsp3) is 0.565. The van der Waals surface area contributed by atoms with Gasteiger partial charge in [-0.05, 0) is 36.8 Å². The Morgan fingerprint density at radius 1 is 1.21 bits per heavy atom. The van der Waals surface area contributed by atoms with Crippen LogP contribution in [0, 0.1) is 11.3 Å². The van der Waals surface area contributed by atoms with Gasteiger partial charge in [0, 0.05) is 32.6 Å². The first-order valence-corrected chi connectivity index (χ1v) is 11.1. The van der Waals surface area contributed by atoms with Gasteiger partial charge in [0.05, 0.1) is 24.6 Å². The summed E-state index contributed by atoms with van der Waals surface area (Å²) < 4.78 is 42.8. The van der Waals surface area contributed by atoms with E-state index in [0.29, 0.717) is 31.5 Å². The molecular weight excluding hydrogens is 453 g/mol. The van der Waals surface area contributed by atoms with Gasteiger partial charge in [0.15, 0.2) is 0 Å². The Labute approximate surface area is 195 Å². The zero-order valence-electron chi connectivity index (χ0n) is 18.9. The van der Waals surface area contributed by atoms with E-state index in [1.165, 1.54) is 7.11 Å². The zero-order chi connectivity index (χ0) is 24.9. The molecule has 11 heteroatoms. The van der Waals surface area contributed by atoms with Gasteiger partial charge in [-0.2, -0.15) is 18.4 Å². The second kappa shape index (κ2) is 10.3. The number of nitrogens with zero attached hydrogens (tertiary/aromatic N) is 3. The third kappa shape index (κ3) is 5.43. The molecule has 2 aliphatic rings. The third-order valence-electron chi connectivity index (χ3n) is 6.55. The summed E-state index contributed by atoms with van der Waals surface area (Å²) in [6, 6.07) is 9.06. The second-order valence-electron chi connectivity index (χ2n) is 8.53. The Morgan fingerprint density at radius 3 is 2.41 bits per heavy atom. The van der Waals surface area contributed by atoms with Crippen molar-refractivity contribution in [2.45, 2.75) is 49.7 Å². The number of methoxy groups -OCH3 is 1. The lowest BCUT2D eigenvalue weighted by atomic mass is 9.73. The van der Waals surface area contributed by atoms with Gasteiger partial charge in [0.1, 0.15) is 0 Å². The van der Waals surface area contributed by atoms with Crippen LogP contribution in [0.3, 0.4) is 0 Å². The van der Waals surface area contributed by atoms with Gasteiger partial charge in [-0.3, -0.25) is 9.59 Å². The molecule has 3 rings (SSSR count). The van der Waals surface area contributed by atoms with Crippen LogP contribution < -0.4 is 5.32 Å². The van der Waals surface area contributed by atoms with Crippen molar-refractivity contribution in [3.8, 4) is 6.07 Å². The molecule has 2 saturated heterocycles. The minimum absolute atomic E-state index is 0.112. The molecule has 2 aliphatic heterocycles. The van der Waals surface area contributed by atoms with Gasteiger partial charge < -0.3 is 19.9 Å². The third-order valence-corrected chi connectivity index (χ3v) is 6.55. The van der Waals surface area contributed by atoms with Crippen LogP contribution in [-0.2, 0) is 19.7 Å². The van der Waals surface area contributed by atoms with Crippen molar-refractivity contribution < 1.29 is 32.3 Å². The maximum absolute atomic E-state index is 12.7. The lowest BCUT2D eigenvalue weighted by Crippen LogP contribution is -2.49. The van der Waals surface area contributed by atoms with Crippen molar-refractivity contribution in [3.05, 3.63) is 35.4 Å². The summed E-state index contributed by atoms with van der Waals surface area (Å²) >= 11 is 0. The molecule has 1 atom stereocenters. The highest BCUT2D eigenvalue weighted by molar-refractivity contribution is 5.82. The maximum atomic E-state index is 12.7. The number of rotatable bonds is 7. The van der Waals surface area contributed by atoms with E-state index in [4.69, 9.17) is 0 Å². The number of hydrogen-bond donors (Lipinski definition) is 1. The summed E-state index contributed by atoms with van der Waals surface area (Å²) in [7, 11) is 1.33. The number of likely N-dealkylation sites (tertiary alicyclic amines) is 1. The smallest absolute Gasteiger partial charge is 0.469 e. The Balaban J connectivity index is 1.65. The molecule has 8 nitrogen and oxygen atoms in total. The summed E-state index contributed by atoms with van der Waals surface area (Å²) in [6.45, 7) is 0.607. The van der Waals surface area contributed by atoms with E-state index in [1.807, 2.05) is 12.1 Å². The van der Waals surface area contributed by atoms with E-state index >= 15 is 0 Å². The summed E-state index contributed by atoms with van der Waals surface area (Å²) in [5.74, 6) is -2.17. The number of nitriles is 1. The molecule has 0 saturated carbocycles.